The molecule has 2 rings (SSSR count). The Morgan fingerprint density at radius 1 is 0.380 bits per heavy atom. The Hall–Kier alpha value is -13.1. The molecular formula is C89H148N24O24. The van der Waals surface area contributed by atoms with Crippen molar-refractivity contribution in [1.82, 2.24) is 106 Å². The zero-order valence-electron chi connectivity index (χ0n) is 82.9. The normalized spacial score (nSPS) is 15.4. The van der Waals surface area contributed by atoms with Crippen LogP contribution in [0.4, 0.5) is 0 Å². The fourth-order valence-electron chi connectivity index (χ4n) is 13.5. The van der Waals surface area contributed by atoms with Gasteiger partial charge in [-0.25, -0.2) is 0 Å². The summed E-state index contributed by atoms with van der Waals surface area (Å²) in [4.78, 5) is 311. The van der Waals surface area contributed by atoms with Crippen LogP contribution in [0.15, 0.2) is 30.3 Å². The molecule has 48 heteroatoms. The molecule has 0 spiro atoms. The molecule has 0 bridgehead atoms. The molecule has 0 aliphatic carbocycles. The van der Waals surface area contributed by atoms with Gasteiger partial charge in [0.25, 0.3) is 0 Å². The van der Waals surface area contributed by atoms with E-state index in [1.807, 2.05) is 0 Å². The van der Waals surface area contributed by atoms with Gasteiger partial charge in [0, 0.05) is 32.7 Å². The van der Waals surface area contributed by atoms with E-state index in [2.05, 4.69) is 101 Å². The average molecular weight is 1940 g/mol. The Labute approximate surface area is 798 Å². The third-order valence-corrected chi connectivity index (χ3v) is 22.1. The molecule has 0 aromatic heterocycles. The van der Waals surface area contributed by atoms with Gasteiger partial charge in [-0.2, -0.15) is 0 Å². The van der Waals surface area contributed by atoms with E-state index < -0.39 is 298 Å². The van der Waals surface area contributed by atoms with Crippen molar-refractivity contribution >= 4 is 136 Å². The second-order valence-corrected chi connectivity index (χ2v) is 38.7. The first-order valence-electron chi connectivity index (χ1n) is 45.4. The van der Waals surface area contributed by atoms with Crippen molar-refractivity contribution in [1.29, 1.82) is 0 Å². The van der Waals surface area contributed by atoms with Crippen molar-refractivity contribution in [2.24, 2.45) is 34.8 Å². The molecule has 1 aromatic carbocycles. The third-order valence-electron chi connectivity index (χ3n) is 22.1. The van der Waals surface area contributed by atoms with Gasteiger partial charge in [-0.1, -0.05) is 58.0 Å². The van der Waals surface area contributed by atoms with Crippen LogP contribution >= 0.6 is 0 Å². The van der Waals surface area contributed by atoms with Crippen LogP contribution in [0.25, 0.3) is 0 Å². The molecule has 1 aliphatic rings. The lowest BCUT2D eigenvalue weighted by atomic mass is 9.96. The highest BCUT2D eigenvalue weighted by Crippen LogP contribution is 2.24. The summed E-state index contributed by atoms with van der Waals surface area (Å²) in [6.07, 6.45) is -1.16. The lowest BCUT2D eigenvalue weighted by molar-refractivity contribution is -0.146. The van der Waals surface area contributed by atoms with Gasteiger partial charge in [0.2, 0.25) is 136 Å². The van der Waals surface area contributed by atoms with Gasteiger partial charge in [0.15, 0.2) is 0 Å². The highest BCUT2D eigenvalue weighted by Gasteiger charge is 2.47. The minimum absolute atomic E-state index is 0.0194. The van der Waals surface area contributed by atoms with Crippen LogP contribution in [-0.2, 0) is 117 Å². The van der Waals surface area contributed by atoms with E-state index in [-0.39, 0.29) is 51.6 Å². The lowest BCUT2D eigenvalue weighted by Gasteiger charge is -2.36. The van der Waals surface area contributed by atoms with Crippen LogP contribution in [0.3, 0.4) is 0 Å². The van der Waals surface area contributed by atoms with Crippen LogP contribution in [0, 0.1) is 11.8 Å². The number of benzene rings is 1. The SMILES string of the molecule is CC(=O)NC(C)(C)C(=O)N[C@@H](C)C(=O)NC(C)(C)C(=O)N[C@@H](C)C(=O)NC(C)(C)C(=O)N[C@@H](C)C(=O)N[C@@H](CCC(N)=O)C(=O)NC(C)(C)C(=O)N[C@H](C(=O)N[C@@H](C)C(=O)NCC(=O)NC(CCCCN)C(=O)NC(C)(C)C(=O)N1CCC[C@H]1C(=O)N[C@H](C(=O)NC(C)(C)C(=O)NC(C)(C)C(=O)N[C@@H](CCC(N)=O)C(=O)N[C@@H](CCC(N)=O)C(=O)N[C@H](CO)Cc1ccccc1)C(C)C)C(C)C. The van der Waals surface area contributed by atoms with Gasteiger partial charge in [-0.05, 0) is 206 Å². The molecule has 0 saturated carbocycles. The minimum Gasteiger partial charge on any atom is -0.394 e. The van der Waals surface area contributed by atoms with Crippen molar-refractivity contribution < 1.29 is 115 Å². The summed E-state index contributed by atoms with van der Waals surface area (Å²) in [5.74, 6) is -21.2. The van der Waals surface area contributed by atoms with E-state index in [4.69, 9.17) is 22.9 Å². The van der Waals surface area contributed by atoms with Crippen molar-refractivity contribution in [3.05, 3.63) is 35.9 Å². The zero-order chi connectivity index (χ0) is 105. The van der Waals surface area contributed by atoms with Gasteiger partial charge in [-0.3, -0.25) is 110 Å². The highest BCUT2D eigenvalue weighted by atomic mass is 16.3. The van der Waals surface area contributed by atoms with Crippen LogP contribution < -0.4 is 124 Å². The molecule has 1 saturated heterocycles. The van der Waals surface area contributed by atoms with Gasteiger partial charge >= 0.3 is 0 Å². The Balaban J connectivity index is 2.16. The molecule has 137 heavy (non-hydrogen) atoms. The maximum absolute atomic E-state index is 14.6. The van der Waals surface area contributed by atoms with E-state index in [1.165, 1.54) is 136 Å². The smallest absolute Gasteiger partial charge is 0.248 e. The first-order valence-corrected chi connectivity index (χ1v) is 45.4. The van der Waals surface area contributed by atoms with Crippen LogP contribution in [0.1, 0.15) is 235 Å². The van der Waals surface area contributed by atoms with Gasteiger partial charge in [0.05, 0.1) is 19.2 Å². The lowest BCUT2D eigenvalue weighted by Crippen LogP contribution is -2.66. The number of nitrogens with one attached hydrogen (secondary N) is 19. The second-order valence-electron chi connectivity index (χ2n) is 38.7. The number of nitrogens with two attached hydrogens (primary N) is 4. The Morgan fingerprint density at radius 2 is 0.752 bits per heavy atom. The second kappa shape index (κ2) is 52.9. The molecule has 1 aliphatic heterocycles. The maximum atomic E-state index is 14.6. The zero-order valence-corrected chi connectivity index (χ0v) is 82.9. The molecule has 23 amide bonds. The number of rotatable bonds is 56. The predicted octanol–water partition coefficient (Wildman–Crippen LogP) is -6.74. The summed E-state index contributed by atoms with van der Waals surface area (Å²) in [5, 5.41) is 57.8. The fourth-order valence-corrected chi connectivity index (χ4v) is 13.5. The molecule has 1 fully saturated rings. The molecule has 28 N–H and O–H groups in total. The number of hydrogen-bond acceptors (Lipinski definition) is 25. The number of amides is 23. The summed E-state index contributed by atoms with van der Waals surface area (Å²) < 4.78 is 0. The van der Waals surface area contributed by atoms with Crippen molar-refractivity contribution in [2.75, 3.05) is 26.2 Å². The molecule has 1 unspecified atom stereocenters. The number of hydrogen-bond donors (Lipinski definition) is 24. The molecule has 48 nitrogen and oxygen atoms in total. The quantitative estimate of drug-likeness (QED) is 0.0270. The number of nitrogens with zero attached hydrogens (tertiary/aromatic N) is 1. The largest absolute Gasteiger partial charge is 0.394 e. The number of likely N-dealkylation sites (tertiary alicyclic amines) is 1. The summed E-state index contributed by atoms with van der Waals surface area (Å²) in [6.45, 7) is 30.0. The van der Waals surface area contributed by atoms with Gasteiger partial charge < -0.3 is 134 Å². The number of aliphatic hydroxyl groups excluding tert-OH is 1. The molecule has 768 valence electrons. The van der Waals surface area contributed by atoms with Crippen LogP contribution in [0.5, 0.6) is 0 Å². The summed E-state index contributed by atoms with van der Waals surface area (Å²) in [6, 6.07) is -7.27. The van der Waals surface area contributed by atoms with E-state index in [0.717, 1.165) is 5.56 Å². The van der Waals surface area contributed by atoms with Gasteiger partial charge in [-0.15, -0.1) is 0 Å². The summed E-state index contributed by atoms with van der Waals surface area (Å²) >= 11 is 0. The minimum atomic E-state index is -1.90. The predicted molar refractivity (Wildman–Crippen MR) is 498 cm³/mol. The summed E-state index contributed by atoms with van der Waals surface area (Å²) in [7, 11) is 0. The number of aliphatic hydroxyl groups is 1. The average Bonchev–Trinajstić information content (AvgIpc) is 1.70. The Bertz CT molecular complexity index is 4550. The van der Waals surface area contributed by atoms with Crippen molar-refractivity contribution in [2.45, 2.75) is 348 Å². The molecule has 12 atom stereocenters. The molecule has 1 heterocycles. The van der Waals surface area contributed by atoms with E-state index in [9.17, 15) is 115 Å². The number of carbonyl (C=O) groups is 23. The highest BCUT2D eigenvalue weighted by molar-refractivity contribution is 6.04. The first kappa shape index (κ1) is 120. The number of carbonyl (C=O) groups excluding carboxylic acids is 23. The standard InChI is InChI=1S/C89H148N24O24/c1-45(2)63(105-80(135)86(16,17)109-72(127)57(36-39-61(93)118)101-66(121)48(6)96-77(132)84(12,13)107-68(123)50(8)98-78(133)85(14,15)108-67(122)49(7)97-76(131)83(10,11)106-51(9)115)74(129)95-47(5)65(120)94-43-62(119)100-54(32-27-28-40-90)71(126)110-89(22,23)82(137)113-41-29-33-58(113)73(128)104-64(46(3)4)75(130)111-88(20,21)81(136)112-87(18,19)79(134)103-56(35-38-60(92)117)70(125)102-55(34-37-59(91)116)69(124)99-53(44-114)42-52-30-25-24-26-31-52/h24-26,30-31,45-50,53-58,63-64,114H,27-29,32-44,90H2,1-23H3,(H2,91,116)(H2,92,117)(H2,93,118)(H,94,120)(H,95,129)(H,96,132)(H,97,131)(H,98,133)(H,99,124)(H,100,119)(H,101,121)(H,102,125)(H,103,134)(H,104,128)(H,105,135)(H,106,115)(H,107,123)(H,108,122)(H,109,127)(H,110,126)(H,111,130)(H,112,136)/t47-,48-,49-,50-,53-,54?,55-,56-,57-,58-,63-,64-/m0/s1. The number of primary amides is 3. The number of unbranched alkanes of at least 4 members (excludes halogenated alkanes) is 1. The molecule has 0 radical (unpaired) electrons. The van der Waals surface area contributed by atoms with E-state index >= 15 is 0 Å². The Morgan fingerprint density at radius 3 is 1.20 bits per heavy atom. The van der Waals surface area contributed by atoms with Gasteiger partial charge in [0.1, 0.15) is 105 Å². The molecule has 1 aromatic rings. The summed E-state index contributed by atoms with van der Waals surface area (Å²) in [5.41, 5.74) is 10.5. The van der Waals surface area contributed by atoms with E-state index in [0.29, 0.717) is 12.8 Å². The fraction of sp³-hybridized carbons (Fsp3) is 0.674. The third kappa shape index (κ3) is 39.7. The van der Waals surface area contributed by atoms with Crippen LogP contribution in [-0.4, -0.2) is 283 Å². The first-order chi connectivity index (χ1) is 63.0. The van der Waals surface area contributed by atoms with Crippen LogP contribution in [0.2, 0.25) is 0 Å². The van der Waals surface area contributed by atoms with Crippen molar-refractivity contribution in [3.8, 4) is 0 Å². The topological polar surface area (TPSA) is 749 Å². The van der Waals surface area contributed by atoms with Crippen molar-refractivity contribution in [3.63, 3.8) is 0 Å². The Kier molecular flexibility index (Phi) is 46.3. The monoisotopic (exact) mass is 1940 g/mol. The molecular weight excluding hydrogens is 1790 g/mol. The van der Waals surface area contributed by atoms with E-state index in [1.54, 1.807) is 58.0 Å². The maximum Gasteiger partial charge on any atom is 0.248 e.